The molecule has 6 N–H and O–H groups in total. The van der Waals surface area contributed by atoms with Crippen LogP contribution >= 0.6 is 56.3 Å². The molecule has 0 spiro atoms. The number of nitrogens with zero attached hydrogens (tertiary/aromatic N) is 2. The van der Waals surface area contributed by atoms with Gasteiger partial charge in [0.2, 0.25) is 11.8 Å². The zero-order valence-corrected chi connectivity index (χ0v) is 21.6. The second-order valence-corrected chi connectivity index (χ2v) is 9.25. The van der Waals surface area contributed by atoms with E-state index in [0.717, 1.165) is 0 Å². The van der Waals surface area contributed by atoms with Crippen LogP contribution in [0.3, 0.4) is 0 Å². The summed E-state index contributed by atoms with van der Waals surface area (Å²) < 4.78 is 2.53. The van der Waals surface area contributed by atoms with Crippen molar-refractivity contribution in [2.75, 3.05) is 18.5 Å². The Balaban J connectivity index is 1.52. The number of fused-ring (bicyclic) bond motifs is 1. The topological polar surface area (TPSA) is 158 Å². The number of thiocarbonyl (C=S) groups is 2. The van der Waals surface area contributed by atoms with Crippen molar-refractivity contribution in [2.24, 2.45) is 5.92 Å². The van der Waals surface area contributed by atoms with Crippen molar-refractivity contribution in [3.63, 3.8) is 0 Å². The zero-order valence-electron chi connectivity index (χ0n) is 16.7. The minimum absolute atomic E-state index is 0.0208. The van der Waals surface area contributed by atoms with E-state index in [1.807, 2.05) is 0 Å². The summed E-state index contributed by atoms with van der Waals surface area (Å²) in [6.45, 7) is 1.24. The summed E-state index contributed by atoms with van der Waals surface area (Å²) in [5.41, 5.74) is 7.62. The number of benzene rings is 1. The van der Waals surface area contributed by atoms with E-state index in [1.54, 1.807) is 19.1 Å². The highest BCUT2D eigenvalue weighted by Crippen LogP contribution is 2.25. The number of carbonyl (C=O) groups excluding carboxylic acids is 3. The van der Waals surface area contributed by atoms with Gasteiger partial charge in [0.15, 0.2) is 10.2 Å². The van der Waals surface area contributed by atoms with Gasteiger partial charge < -0.3 is 21.4 Å². The molecular weight excluding hydrogens is 604 g/mol. The standard InChI is InChI=1S/C17H16Br2N8O4S2/c1-6-22-12-8(2-7(18)3-10(12)19)15(31)27(6)21-5-11(28)25-26-16(32)20-4-9-13(29)23-17(33)24-14(9)30/h2-3,9,21H,4-5H2,1H3,(H,25,28)(H2,20,26,32)(H2,23,24,29,30,33). The third-order valence-electron chi connectivity index (χ3n) is 4.35. The third kappa shape index (κ3) is 6.01. The van der Waals surface area contributed by atoms with E-state index in [0.29, 0.717) is 25.7 Å². The summed E-state index contributed by atoms with van der Waals surface area (Å²) in [5.74, 6) is -2.34. The molecule has 0 aliphatic carbocycles. The van der Waals surface area contributed by atoms with Crippen LogP contribution < -0.4 is 37.8 Å². The molecule has 0 unspecified atom stereocenters. The lowest BCUT2D eigenvalue weighted by atomic mass is 10.1. The average molecular weight is 620 g/mol. The Morgan fingerprint density at radius 2 is 1.85 bits per heavy atom. The van der Waals surface area contributed by atoms with Gasteiger partial charge in [0, 0.05) is 15.5 Å². The Morgan fingerprint density at radius 1 is 1.18 bits per heavy atom. The molecule has 3 rings (SSSR count). The predicted octanol–water partition coefficient (Wildman–Crippen LogP) is -0.584. The summed E-state index contributed by atoms with van der Waals surface area (Å²) >= 11 is 16.5. The number of rotatable bonds is 5. The fraction of sp³-hybridized carbons (Fsp3) is 0.235. The van der Waals surface area contributed by atoms with Crippen molar-refractivity contribution in [3.8, 4) is 0 Å². The largest absolute Gasteiger partial charge is 0.360 e. The molecular formula is C17H16Br2N8O4S2. The maximum Gasteiger partial charge on any atom is 0.280 e. The number of amides is 3. The summed E-state index contributed by atoms with van der Waals surface area (Å²) in [6, 6.07) is 3.42. The van der Waals surface area contributed by atoms with Gasteiger partial charge in [-0.25, -0.2) is 9.66 Å². The van der Waals surface area contributed by atoms with Crippen LogP contribution in [0.4, 0.5) is 0 Å². The predicted molar refractivity (Wildman–Crippen MR) is 135 cm³/mol. The maximum absolute atomic E-state index is 12.8. The summed E-state index contributed by atoms with van der Waals surface area (Å²) in [4.78, 5) is 53.0. The number of carbonyl (C=O) groups is 3. The lowest BCUT2D eigenvalue weighted by Gasteiger charge is -2.23. The van der Waals surface area contributed by atoms with Crippen LogP contribution in [-0.4, -0.2) is 50.7 Å². The molecule has 0 radical (unpaired) electrons. The average Bonchev–Trinajstić information content (AvgIpc) is 2.72. The molecule has 2 heterocycles. The first kappa shape index (κ1) is 24.9. The van der Waals surface area contributed by atoms with Crippen molar-refractivity contribution in [3.05, 3.63) is 37.3 Å². The highest BCUT2D eigenvalue weighted by Gasteiger charge is 2.32. The fourth-order valence-corrected chi connectivity index (χ4v) is 4.45. The molecule has 0 atom stereocenters. The van der Waals surface area contributed by atoms with Gasteiger partial charge >= 0.3 is 0 Å². The monoisotopic (exact) mass is 618 g/mol. The van der Waals surface area contributed by atoms with E-state index >= 15 is 0 Å². The van der Waals surface area contributed by atoms with Crippen molar-refractivity contribution in [2.45, 2.75) is 6.92 Å². The maximum atomic E-state index is 12.8. The highest BCUT2D eigenvalue weighted by atomic mass is 79.9. The quantitative estimate of drug-likeness (QED) is 0.145. The van der Waals surface area contributed by atoms with E-state index in [4.69, 9.17) is 24.4 Å². The van der Waals surface area contributed by atoms with E-state index in [2.05, 4.69) is 69.1 Å². The van der Waals surface area contributed by atoms with Crippen molar-refractivity contribution >= 4 is 95.1 Å². The molecule has 0 saturated carbocycles. The lowest BCUT2D eigenvalue weighted by molar-refractivity contribution is -0.134. The van der Waals surface area contributed by atoms with E-state index in [9.17, 15) is 19.2 Å². The molecule has 1 aliphatic heterocycles. The van der Waals surface area contributed by atoms with Gasteiger partial charge in [-0.2, -0.15) is 0 Å². The molecule has 1 fully saturated rings. The van der Waals surface area contributed by atoms with Crippen molar-refractivity contribution in [1.29, 1.82) is 0 Å². The van der Waals surface area contributed by atoms with Crippen LogP contribution in [0, 0.1) is 12.8 Å². The van der Waals surface area contributed by atoms with Crippen LogP contribution in [0.2, 0.25) is 0 Å². The molecule has 33 heavy (non-hydrogen) atoms. The second-order valence-electron chi connectivity index (χ2n) is 6.66. The molecule has 1 aliphatic rings. The molecule has 174 valence electrons. The Bertz CT molecular complexity index is 1230. The Labute approximate surface area is 213 Å². The third-order valence-corrected chi connectivity index (χ3v) is 5.86. The van der Waals surface area contributed by atoms with Gasteiger partial charge in [0.1, 0.15) is 18.3 Å². The SMILES string of the molecule is Cc1nc2c(Br)cc(Br)cc2c(=O)n1NCC(=O)NNC(=S)NCC1C(=O)NC(=S)NC1=O. The van der Waals surface area contributed by atoms with Gasteiger partial charge in [-0.1, -0.05) is 15.9 Å². The number of hydrogen-bond donors (Lipinski definition) is 6. The molecule has 2 aromatic rings. The molecule has 1 aromatic carbocycles. The first-order valence-corrected chi connectivity index (χ1v) is 11.6. The van der Waals surface area contributed by atoms with E-state index in [-0.39, 0.29) is 28.9 Å². The normalized spacial score (nSPS) is 13.8. The van der Waals surface area contributed by atoms with Crippen LogP contribution in [0.1, 0.15) is 5.82 Å². The van der Waals surface area contributed by atoms with Crippen LogP contribution in [0.15, 0.2) is 25.9 Å². The number of aryl methyl sites for hydroxylation is 1. The minimum Gasteiger partial charge on any atom is -0.360 e. The smallest absolute Gasteiger partial charge is 0.280 e. The number of nitrogens with one attached hydrogen (secondary N) is 6. The lowest BCUT2D eigenvalue weighted by Crippen LogP contribution is -2.59. The van der Waals surface area contributed by atoms with Gasteiger partial charge in [-0.15, -0.1) is 0 Å². The van der Waals surface area contributed by atoms with Gasteiger partial charge in [0.25, 0.3) is 11.5 Å². The molecule has 1 saturated heterocycles. The highest BCUT2D eigenvalue weighted by molar-refractivity contribution is 9.11. The second kappa shape index (κ2) is 10.5. The minimum atomic E-state index is -1.04. The molecule has 1 aromatic heterocycles. The number of hydrazine groups is 1. The van der Waals surface area contributed by atoms with Gasteiger partial charge in [-0.3, -0.25) is 30.0 Å². The van der Waals surface area contributed by atoms with Crippen molar-refractivity contribution < 1.29 is 14.4 Å². The first-order chi connectivity index (χ1) is 15.6. The summed E-state index contributed by atoms with van der Waals surface area (Å²) in [6.07, 6.45) is 0. The number of halogens is 2. The van der Waals surface area contributed by atoms with Crippen LogP contribution in [0.5, 0.6) is 0 Å². The Hall–Kier alpha value is -2.69. The number of hydrogen-bond acceptors (Lipinski definition) is 8. The fourth-order valence-electron chi connectivity index (χ4n) is 2.80. The molecule has 12 nitrogen and oxygen atoms in total. The van der Waals surface area contributed by atoms with Crippen molar-refractivity contribution in [1.82, 2.24) is 36.5 Å². The molecule has 0 bridgehead atoms. The molecule has 16 heteroatoms. The Kier molecular flexibility index (Phi) is 7.93. The first-order valence-electron chi connectivity index (χ1n) is 9.17. The summed E-state index contributed by atoms with van der Waals surface area (Å²) in [7, 11) is 0. The van der Waals surface area contributed by atoms with Gasteiger partial charge in [-0.05, 0) is 59.4 Å². The zero-order chi connectivity index (χ0) is 24.3. The number of aromatic nitrogens is 2. The van der Waals surface area contributed by atoms with Gasteiger partial charge in [0.05, 0.1) is 10.9 Å². The summed E-state index contributed by atoms with van der Waals surface area (Å²) in [5, 5.41) is 7.60. The Morgan fingerprint density at radius 3 is 2.52 bits per heavy atom. The van der Waals surface area contributed by atoms with E-state index < -0.39 is 23.6 Å². The molecule has 3 amide bonds. The van der Waals surface area contributed by atoms with Crippen LogP contribution in [-0.2, 0) is 14.4 Å². The van der Waals surface area contributed by atoms with E-state index in [1.165, 1.54) is 4.68 Å². The van der Waals surface area contributed by atoms with Crippen LogP contribution in [0.25, 0.3) is 10.9 Å².